The highest BCUT2D eigenvalue weighted by Gasteiger charge is 2.25. The van der Waals surface area contributed by atoms with Crippen LogP contribution in [-0.2, 0) is 19.1 Å². The first-order valence-electron chi connectivity index (χ1n) is 8.59. The van der Waals surface area contributed by atoms with E-state index in [1.165, 1.54) is 0 Å². The van der Waals surface area contributed by atoms with Crippen LogP contribution in [0.15, 0.2) is 24.3 Å². The zero-order valence-electron chi connectivity index (χ0n) is 15.1. The monoisotopic (exact) mass is 414 g/mol. The molecule has 1 aliphatic rings. The molecule has 9 heteroatoms. The summed E-state index contributed by atoms with van der Waals surface area (Å²) in [4.78, 5) is 38.5. The van der Waals surface area contributed by atoms with Gasteiger partial charge in [-0.15, -0.1) is 0 Å². The van der Waals surface area contributed by atoms with Crippen molar-refractivity contribution in [2.45, 2.75) is 12.5 Å². The van der Waals surface area contributed by atoms with Crippen molar-refractivity contribution in [2.24, 2.45) is 0 Å². The third-order valence-corrected chi connectivity index (χ3v) is 4.90. The van der Waals surface area contributed by atoms with Gasteiger partial charge in [-0.25, -0.2) is 4.79 Å². The third-order valence-electron chi connectivity index (χ3n) is 4.01. The number of rotatable bonds is 8. The number of hydrogen-bond acceptors (Lipinski definition) is 6. The molecule has 1 heterocycles. The summed E-state index contributed by atoms with van der Waals surface area (Å²) >= 11 is 7.38. The summed E-state index contributed by atoms with van der Waals surface area (Å²) in [5, 5.41) is 3.20. The van der Waals surface area contributed by atoms with Gasteiger partial charge in [0.25, 0.3) is 11.8 Å². The maximum Gasteiger partial charge on any atom is 0.329 e. The van der Waals surface area contributed by atoms with E-state index in [1.807, 2.05) is 6.26 Å². The maximum atomic E-state index is 12.4. The van der Waals surface area contributed by atoms with Crippen molar-refractivity contribution in [3.63, 3.8) is 0 Å². The second-order valence-corrected chi connectivity index (χ2v) is 7.34. The van der Waals surface area contributed by atoms with Gasteiger partial charge in [0.05, 0.1) is 13.2 Å². The van der Waals surface area contributed by atoms with Gasteiger partial charge in [-0.2, -0.15) is 11.8 Å². The van der Waals surface area contributed by atoms with Gasteiger partial charge in [0, 0.05) is 23.7 Å². The number of esters is 1. The molecule has 1 aliphatic heterocycles. The van der Waals surface area contributed by atoms with Gasteiger partial charge in [-0.1, -0.05) is 11.6 Å². The van der Waals surface area contributed by atoms with E-state index in [-0.39, 0.29) is 12.5 Å². The van der Waals surface area contributed by atoms with E-state index in [4.69, 9.17) is 21.1 Å². The summed E-state index contributed by atoms with van der Waals surface area (Å²) in [6.45, 7) is 1.59. The Hall–Kier alpha value is -1.77. The lowest BCUT2D eigenvalue weighted by atomic mass is 10.1. The average Bonchev–Trinajstić information content (AvgIpc) is 2.70. The van der Waals surface area contributed by atoms with Gasteiger partial charge in [0.15, 0.2) is 6.61 Å². The zero-order chi connectivity index (χ0) is 19.6. The van der Waals surface area contributed by atoms with Gasteiger partial charge in [0.2, 0.25) is 0 Å². The van der Waals surface area contributed by atoms with Crippen LogP contribution in [0.3, 0.4) is 0 Å². The first-order valence-corrected chi connectivity index (χ1v) is 10.4. The number of ether oxygens (including phenoxy) is 2. The summed E-state index contributed by atoms with van der Waals surface area (Å²) in [7, 11) is 0. The van der Waals surface area contributed by atoms with Gasteiger partial charge < -0.3 is 19.7 Å². The van der Waals surface area contributed by atoms with Crippen LogP contribution >= 0.6 is 23.4 Å². The normalized spacial score (nSPS) is 15.1. The third kappa shape index (κ3) is 7.04. The molecule has 0 saturated carbocycles. The first-order chi connectivity index (χ1) is 13.0. The molecule has 1 aromatic rings. The lowest BCUT2D eigenvalue weighted by molar-refractivity contribution is -0.155. The van der Waals surface area contributed by atoms with Crippen LogP contribution in [0.5, 0.6) is 0 Å². The number of amides is 2. The summed E-state index contributed by atoms with van der Waals surface area (Å²) in [6.07, 6.45) is 2.32. The lowest BCUT2D eigenvalue weighted by Crippen LogP contribution is -2.45. The smallest absolute Gasteiger partial charge is 0.329 e. The second-order valence-electron chi connectivity index (χ2n) is 5.92. The van der Waals surface area contributed by atoms with E-state index in [1.54, 1.807) is 40.9 Å². The van der Waals surface area contributed by atoms with E-state index in [9.17, 15) is 14.4 Å². The highest BCUT2D eigenvalue weighted by atomic mass is 35.5. The molecule has 0 aromatic heterocycles. The molecule has 0 aliphatic carbocycles. The average molecular weight is 415 g/mol. The molecule has 148 valence electrons. The van der Waals surface area contributed by atoms with Gasteiger partial charge in [-0.05, 0) is 42.7 Å². The molecule has 1 fully saturated rings. The zero-order valence-corrected chi connectivity index (χ0v) is 16.7. The minimum absolute atomic E-state index is 0.265. The van der Waals surface area contributed by atoms with E-state index >= 15 is 0 Å². The van der Waals surface area contributed by atoms with E-state index in [2.05, 4.69) is 5.32 Å². The van der Waals surface area contributed by atoms with Crippen molar-refractivity contribution >= 4 is 41.1 Å². The molecule has 0 bridgehead atoms. The molecule has 27 heavy (non-hydrogen) atoms. The number of benzene rings is 1. The van der Waals surface area contributed by atoms with Crippen LogP contribution in [0.4, 0.5) is 0 Å². The number of nitrogens with one attached hydrogen (secondary N) is 1. The minimum atomic E-state index is -0.821. The molecule has 0 unspecified atom stereocenters. The van der Waals surface area contributed by atoms with Crippen LogP contribution in [0.2, 0.25) is 5.02 Å². The fourth-order valence-corrected chi connectivity index (χ4v) is 3.06. The SMILES string of the molecule is CSCC[C@@H](NC(=O)c1ccc(Cl)cc1)C(=O)OCC(=O)N1CCOCC1. The van der Waals surface area contributed by atoms with Crippen LogP contribution in [0.1, 0.15) is 16.8 Å². The first kappa shape index (κ1) is 21.5. The molecule has 7 nitrogen and oxygen atoms in total. The molecule has 2 rings (SSSR count). The molecule has 0 spiro atoms. The van der Waals surface area contributed by atoms with Crippen molar-refractivity contribution in [1.29, 1.82) is 0 Å². The molecule has 1 saturated heterocycles. The maximum absolute atomic E-state index is 12.4. The highest BCUT2D eigenvalue weighted by molar-refractivity contribution is 7.98. The quantitative estimate of drug-likeness (QED) is 0.650. The fraction of sp³-hybridized carbons (Fsp3) is 0.500. The van der Waals surface area contributed by atoms with Crippen LogP contribution in [0, 0.1) is 0 Å². The summed E-state index contributed by atoms with van der Waals surface area (Å²) in [6, 6.07) is 5.55. The van der Waals surface area contributed by atoms with Crippen LogP contribution in [-0.4, -0.2) is 73.6 Å². The van der Waals surface area contributed by atoms with Crippen molar-refractivity contribution in [1.82, 2.24) is 10.2 Å². The predicted octanol–water partition coefficient (Wildman–Crippen LogP) is 1.59. The fourth-order valence-electron chi connectivity index (χ4n) is 2.46. The second kappa shape index (κ2) is 11.2. The molecule has 0 radical (unpaired) electrons. The number of thioether (sulfide) groups is 1. The number of halogens is 1. The Labute approximate surface area is 167 Å². The Morgan fingerprint density at radius 2 is 1.93 bits per heavy atom. The largest absolute Gasteiger partial charge is 0.454 e. The highest BCUT2D eigenvalue weighted by Crippen LogP contribution is 2.11. The van der Waals surface area contributed by atoms with Gasteiger partial charge >= 0.3 is 5.97 Å². The minimum Gasteiger partial charge on any atom is -0.454 e. The summed E-state index contributed by atoms with van der Waals surface area (Å²) in [5.74, 6) is -0.612. The molecular weight excluding hydrogens is 392 g/mol. The molecule has 1 N–H and O–H groups in total. The lowest BCUT2D eigenvalue weighted by Gasteiger charge is -2.27. The van der Waals surface area contributed by atoms with Gasteiger partial charge in [0.1, 0.15) is 6.04 Å². The van der Waals surface area contributed by atoms with Crippen molar-refractivity contribution in [2.75, 3.05) is 44.9 Å². The van der Waals surface area contributed by atoms with Crippen LogP contribution < -0.4 is 5.32 Å². The van der Waals surface area contributed by atoms with E-state index < -0.39 is 17.9 Å². The molecule has 2 amide bonds. The Bertz CT molecular complexity index is 650. The topological polar surface area (TPSA) is 84.9 Å². The number of carbonyl (C=O) groups is 3. The van der Waals surface area contributed by atoms with Gasteiger partial charge in [-0.3, -0.25) is 9.59 Å². The van der Waals surface area contributed by atoms with Crippen molar-refractivity contribution < 1.29 is 23.9 Å². The number of morpholine rings is 1. The molecule has 1 aromatic carbocycles. The number of nitrogens with zero attached hydrogens (tertiary/aromatic N) is 1. The Morgan fingerprint density at radius 3 is 2.56 bits per heavy atom. The Kier molecular flexibility index (Phi) is 8.90. The van der Waals surface area contributed by atoms with Crippen molar-refractivity contribution in [3.8, 4) is 0 Å². The van der Waals surface area contributed by atoms with E-state index in [0.717, 1.165) is 0 Å². The number of carbonyl (C=O) groups excluding carboxylic acids is 3. The molecule has 1 atom stereocenters. The Balaban J connectivity index is 1.90. The standard InChI is InChI=1S/C18H23ClN2O5S/c1-27-11-6-15(20-17(23)13-2-4-14(19)5-3-13)18(24)26-12-16(22)21-7-9-25-10-8-21/h2-5,15H,6-12H2,1H3,(H,20,23)/t15-/m1/s1. The summed E-state index contributed by atoms with van der Waals surface area (Å²) < 4.78 is 10.3. The van der Waals surface area contributed by atoms with Crippen LogP contribution in [0.25, 0.3) is 0 Å². The number of hydrogen-bond donors (Lipinski definition) is 1. The Morgan fingerprint density at radius 1 is 1.26 bits per heavy atom. The van der Waals surface area contributed by atoms with Crippen molar-refractivity contribution in [3.05, 3.63) is 34.9 Å². The van der Waals surface area contributed by atoms with E-state index in [0.29, 0.717) is 49.1 Å². The summed E-state index contributed by atoms with van der Waals surface area (Å²) in [5.41, 5.74) is 0.394. The predicted molar refractivity (Wildman–Crippen MR) is 104 cm³/mol. The molecular formula is C18H23ClN2O5S.